The number of carboxylic acid groups (broad SMARTS) is 2. The van der Waals surface area contributed by atoms with Gasteiger partial charge < -0.3 is 55.4 Å². The molecule has 0 aromatic heterocycles. The van der Waals surface area contributed by atoms with Gasteiger partial charge in [-0.15, -0.1) is 0 Å². The lowest BCUT2D eigenvalue weighted by Crippen LogP contribution is -2.56. The van der Waals surface area contributed by atoms with Crippen molar-refractivity contribution in [3.63, 3.8) is 0 Å². The first-order valence-electron chi connectivity index (χ1n) is 11.9. The molecule has 14 nitrogen and oxygen atoms in total. The minimum Gasteiger partial charge on any atom is -0.504 e. The monoisotopic (exact) mass is 562 g/mol. The lowest BCUT2D eigenvalue weighted by atomic mass is 9.71. The van der Waals surface area contributed by atoms with Crippen LogP contribution in [0.1, 0.15) is 29.0 Å². The summed E-state index contributed by atoms with van der Waals surface area (Å²) in [6, 6.07) is 5.60. The fourth-order valence-corrected chi connectivity index (χ4v) is 4.90. The predicted octanol–water partition coefficient (Wildman–Crippen LogP) is -0.393. The summed E-state index contributed by atoms with van der Waals surface area (Å²) in [6.07, 6.45) is -7.97. The second-order valence-electron chi connectivity index (χ2n) is 9.50. The molecule has 40 heavy (non-hydrogen) atoms. The molecule has 2 aromatic rings. The topological polar surface area (TPSA) is 252 Å². The van der Waals surface area contributed by atoms with Gasteiger partial charge in [-0.3, -0.25) is 4.79 Å². The second-order valence-corrected chi connectivity index (χ2v) is 9.50. The zero-order valence-electron chi connectivity index (χ0n) is 20.5. The van der Waals surface area contributed by atoms with Crippen LogP contribution < -0.4 is 0 Å². The summed E-state index contributed by atoms with van der Waals surface area (Å²) in [6.45, 7) is -0.463. The fourth-order valence-electron chi connectivity index (χ4n) is 4.90. The maximum atomic E-state index is 13.5. The molecule has 0 bridgehead atoms. The Morgan fingerprint density at radius 1 is 0.950 bits per heavy atom. The Morgan fingerprint density at radius 2 is 1.60 bits per heavy atom. The van der Waals surface area contributed by atoms with Gasteiger partial charge >= 0.3 is 17.9 Å². The molecule has 0 radical (unpaired) electrons. The lowest BCUT2D eigenvalue weighted by molar-refractivity contribution is -0.211. The van der Waals surface area contributed by atoms with E-state index in [1.54, 1.807) is 0 Å². The van der Waals surface area contributed by atoms with Crippen LogP contribution in [0.2, 0.25) is 0 Å². The summed E-state index contributed by atoms with van der Waals surface area (Å²) in [4.78, 5) is 37.2. The highest BCUT2D eigenvalue weighted by atomic mass is 16.6. The Morgan fingerprint density at radius 3 is 2.23 bits per heavy atom. The summed E-state index contributed by atoms with van der Waals surface area (Å²) in [5, 5.41) is 89.6. The number of phenolic OH excluding ortho intramolecular Hbond substituents is 4. The van der Waals surface area contributed by atoms with Crippen LogP contribution in [0.15, 0.2) is 35.9 Å². The number of phenols is 4. The highest BCUT2D eigenvalue weighted by molar-refractivity contribution is 6.02. The second kappa shape index (κ2) is 11.0. The van der Waals surface area contributed by atoms with Gasteiger partial charge in [-0.1, -0.05) is 6.07 Å². The average molecular weight is 562 g/mol. The van der Waals surface area contributed by atoms with Crippen LogP contribution in [-0.4, -0.2) is 101 Å². The summed E-state index contributed by atoms with van der Waals surface area (Å²) >= 11 is 0. The van der Waals surface area contributed by atoms with E-state index in [0.29, 0.717) is 0 Å². The average Bonchev–Trinajstić information content (AvgIpc) is 2.89. The van der Waals surface area contributed by atoms with Crippen molar-refractivity contribution in [2.75, 3.05) is 6.61 Å². The molecule has 0 spiro atoms. The Hall–Kier alpha value is -4.37. The van der Waals surface area contributed by atoms with Crippen LogP contribution in [-0.2, 0) is 23.9 Å². The first kappa shape index (κ1) is 28.6. The molecule has 7 atom stereocenters. The Bertz CT molecular complexity index is 1370. The molecule has 1 fully saturated rings. The van der Waals surface area contributed by atoms with Crippen molar-refractivity contribution in [2.45, 2.75) is 42.9 Å². The number of esters is 1. The zero-order valence-corrected chi connectivity index (χ0v) is 20.5. The van der Waals surface area contributed by atoms with Gasteiger partial charge in [0, 0.05) is 12.3 Å². The number of ether oxygens (including phenoxy) is 2. The quantitative estimate of drug-likeness (QED) is 0.154. The SMILES string of the molecule is O=C(O[C@@H]1[C@@H](O)[C@@H](O)CO[C@@H]1C[C@H](O)C(=O)O)C1=Cc2cc(O)c(O)cc2[C@@H](c2ccc(O)c(O)c2)[C@@H]1C(=O)O. The van der Waals surface area contributed by atoms with E-state index in [9.17, 15) is 55.2 Å². The van der Waals surface area contributed by atoms with E-state index in [4.69, 9.17) is 14.6 Å². The largest absolute Gasteiger partial charge is 0.504 e. The van der Waals surface area contributed by atoms with Crippen LogP contribution in [0.3, 0.4) is 0 Å². The molecular weight excluding hydrogens is 536 g/mol. The summed E-state index contributed by atoms with van der Waals surface area (Å²) in [7, 11) is 0. The van der Waals surface area contributed by atoms with Gasteiger partial charge in [-0.25, -0.2) is 9.59 Å². The molecule has 2 aliphatic rings. The first-order valence-corrected chi connectivity index (χ1v) is 11.9. The smallest absolute Gasteiger partial charge is 0.335 e. The first-order chi connectivity index (χ1) is 18.8. The van der Waals surface area contributed by atoms with Crippen LogP contribution in [0.4, 0.5) is 0 Å². The summed E-state index contributed by atoms with van der Waals surface area (Å²) in [5.41, 5.74) is -0.169. The number of aliphatic hydroxyl groups excluding tert-OH is 3. The summed E-state index contributed by atoms with van der Waals surface area (Å²) < 4.78 is 10.7. The lowest BCUT2D eigenvalue weighted by Gasteiger charge is -2.39. The molecule has 1 heterocycles. The van der Waals surface area contributed by atoms with Crippen LogP contribution >= 0.6 is 0 Å². The number of hydrogen-bond acceptors (Lipinski definition) is 12. The number of carbonyl (C=O) groups is 3. The number of fused-ring (bicyclic) bond motifs is 1. The third-order valence-electron chi connectivity index (χ3n) is 6.92. The molecule has 14 heteroatoms. The maximum Gasteiger partial charge on any atom is 0.335 e. The molecule has 0 unspecified atom stereocenters. The number of carboxylic acids is 2. The van der Waals surface area contributed by atoms with Crippen LogP contribution in [0, 0.1) is 5.92 Å². The Balaban J connectivity index is 1.79. The molecule has 214 valence electrons. The van der Waals surface area contributed by atoms with E-state index in [1.165, 1.54) is 6.07 Å². The van der Waals surface area contributed by atoms with Crippen molar-refractivity contribution in [3.05, 3.63) is 52.6 Å². The van der Waals surface area contributed by atoms with Crippen molar-refractivity contribution in [1.82, 2.24) is 0 Å². The third kappa shape index (κ3) is 5.37. The number of benzene rings is 2. The van der Waals surface area contributed by atoms with Gasteiger partial charge in [0.25, 0.3) is 0 Å². The minimum absolute atomic E-state index is 0.0932. The maximum absolute atomic E-state index is 13.5. The van der Waals surface area contributed by atoms with E-state index >= 15 is 0 Å². The van der Waals surface area contributed by atoms with Crippen molar-refractivity contribution in [1.29, 1.82) is 0 Å². The van der Waals surface area contributed by atoms with Gasteiger partial charge in [0.2, 0.25) is 0 Å². The molecule has 0 amide bonds. The van der Waals surface area contributed by atoms with Gasteiger partial charge in [-0.2, -0.15) is 0 Å². The molecular formula is C26H26O14. The van der Waals surface area contributed by atoms with Gasteiger partial charge in [0.05, 0.1) is 18.1 Å². The molecule has 9 N–H and O–H groups in total. The van der Waals surface area contributed by atoms with Crippen molar-refractivity contribution >= 4 is 24.0 Å². The molecule has 0 saturated carbocycles. The highest BCUT2D eigenvalue weighted by Crippen LogP contribution is 2.47. The highest BCUT2D eigenvalue weighted by Gasteiger charge is 2.46. The van der Waals surface area contributed by atoms with E-state index in [-0.39, 0.29) is 16.7 Å². The van der Waals surface area contributed by atoms with Gasteiger partial charge in [-0.05, 0) is 47.0 Å². The molecule has 1 saturated heterocycles. The predicted molar refractivity (Wildman–Crippen MR) is 130 cm³/mol. The minimum atomic E-state index is -1.97. The zero-order chi connectivity index (χ0) is 29.5. The molecule has 1 aliphatic carbocycles. The standard InChI is InChI=1S/C26H26O14/c27-13-2-1-9(4-14(13)28)20-11-6-16(30)15(29)5-10(11)3-12(21(20)25(36)37)26(38)40-23-19(7-17(31)24(34)35)39-8-18(32)22(23)33/h1-6,17-23,27-33H,7-8H2,(H,34,35)(H,36,37)/t17-,18-,19+,20+,21+,22-,23-/m0/s1. The molecule has 2 aromatic carbocycles. The van der Waals surface area contributed by atoms with E-state index < -0.39 is 102 Å². The summed E-state index contributed by atoms with van der Waals surface area (Å²) in [5.74, 6) is -9.76. The van der Waals surface area contributed by atoms with E-state index in [1.807, 2.05) is 0 Å². The van der Waals surface area contributed by atoms with Crippen molar-refractivity contribution in [3.8, 4) is 23.0 Å². The normalized spacial score (nSPS) is 26.7. The van der Waals surface area contributed by atoms with Gasteiger partial charge in [0.1, 0.15) is 18.3 Å². The Labute approximate surface area is 225 Å². The number of hydrogen-bond donors (Lipinski definition) is 9. The van der Waals surface area contributed by atoms with Crippen molar-refractivity contribution in [2.24, 2.45) is 5.92 Å². The molecule has 4 rings (SSSR count). The number of carbonyl (C=O) groups excluding carboxylic acids is 1. The number of aliphatic hydroxyl groups is 3. The third-order valence-corrected chi connectivity index (χ3v) is 6.92. The van der Waals surface area contributed by atoms with Crippen molar-refractivity contribution < 1.29 is 69.8 Å². The number of aromatic hydroxyl groups is 4. The van der Waals surface area contributed by atoms with Crippen LogP contribution in [0.5, 0.6) is 23.0 Å². The number of aliphatic carboxylic acids is 2. The van der Waals surface area contributed by atoms with E-state index in [0.717, 1.165) is 30.3 Å². The van der Waals surface area contributed by atoms with Gasteiger partial charge in [0.15, 0.2) is 35.2 Å². The Kier molecular flexibility index (Phi) is 7.88. The van der Waals surface area contributed by atoms with E-state index in [2.05, 4.69) is 0 Å². The molecule has 1 aliphatic heterocycles. The number of rotatable bonds is 7. The van der Waals surface area contributed by atoms with Crippen LogP contribution in [0.25, 0.3) is 6.08 Å². The fraction of sp³-hybridized carbons (Fsp3) is 0.346.